The van der Waals surface area contributed by atoms with E-state index >= 15 is 0 Å². The molecule has 0 fully saturated rings. The summed E-state index contributed by atoms with van der Waals surface area (Å²) in [6.07, 6.45) is 2.33. The first-order valence-corrected chi connectivity index (χ1v) is 11.0. The van der Waals surface area contributed by atoms with Crippen molar-refractivity contribution in [3.05, 3.63) is 60.0 Å². The molecule has 0 aliphatic carbocycles. The van der Waals surface area contributed by atoms with Crippen LogP contribution in [0.15, 0.2) is 52.9 Å². The standard InChI is InChI=1S/C25H28N4O4/c1-4-7-24-27-28-25(33-24)20-15-18-8-5-6-9-19(18)29(20)16-23(30)26-13-12-17-10-11-21(31-2)22(14-17)32-3/h5-6,8-11,14-15H,4,7,12-13,16H2,1-3H3,(H,26,30). The van der Waals surface area contributed by atoms with Gasteiger partial charge in [-0.3, -0.25) is 4.79 Å². The van der Waals surface area contributed by atoms with Crippen molar-refractivity contribution in [2.24, 2.45) is 0 Å². The Morgan fingerprint density at radius 2 is 1.85 bits per heavy atom. The van der Waals surface area contributed by atoms with Crippen LogP contribution in [-0.4, -0.2) is 41.4 Å². The lowest BCUT2D eigenvalue weighted by molar-refractivity contribution is -0.121. The number of aryl methyl sites for hydroxylation is 1. The second-order valence-corrected chi connectivity index (χ2v) is 7.71. The molecule has 4 rings (SSSR count). The highest BCUT2D eigenvalue weighted by atomic mass is 16.5. The van der Waals surface area contributed by atoms with Crippen molar-refractivity contribution in [3.8, 4) is 23.1 Å². The summed E-state index contributed by atoms with van der Waals surface area (Å²) >= 11 is 0. The minimum absolute atomic E-state index is 0.0913. The lowest BCUT2D eigenvalue weighted by Crippen LogP contribution is -2.29. The van der Waals surface area contributed by atoms with Crippen LogP contribution in [0.1, 0.15) is 24.8 Å². The Morgan fingerprint density at radius 1 is 1.03 bits per heavy atom. The van der Waals surface area contributed by atoms with Gasteiger partial charge < -0.3 is 23.8 Å². The molecule has 0 aliphatic heterocycles. The van der Waals surface area contributed by atoms with Crippen LogP contribution in [0, 0.1) is 0 Å². The third-order valence-electron chi connectivity index (χ3n) is 5.45. The Labute approximate surface area is 192 Å². The highest BCUT2D eigenvalue weighted by molar-refractivity contribution is 5.88. The maximum absolute atomic E-state index is 12.8. The predicted molar refractivity (Wildman–Crippen MR) is 125 cm³/mol. The van der Waals surface area contributed by atoms with Crippen molar-refractivity contribution in [1.29, 1.82) is 0 Å². The van der Waals surface area contributed by atoms with E-state index in [0.29, 0.717) is 36.2 Å². The molecule has 4 aromatic rings. The summed E-state index contributed by atoms with van der Waals surface area (Å²) in [5.41, 5.74) is 2.73. The molecule has 0 saturated heterocycles. The lowest BCUT2D eigenvalue weighted by atomic mass is 10.1. The first-order chi connectivity index (χ1) is 16.1. The van der Waals surface area contributed by atoms with Crippen molar-refractivity contribution in [3.63, 3.8) is 0 Å². The molecule has 2 heterocycles. The van der Waals surface area contributed by atoms with Gasteiger partial charge in [0.05, 0.1) is 14.2 Å². The number of hydrogen-bond acceptors (Lipinski definition) is 6. The first-order valence-electron chi connectivity index (χ1n) is 11.0. The molecule has 1 amide bonds. The number of amides is 1. The second-order valence-electron chi connectivity index (χ2n) is 7.71. The fourth-order valence-electron chi connectivity index (χ4n) is 3.81. The summed E-state index contributed by atoms with van der Waals surface area (Å²) < 4.78 is 18.4. The van der Waals surface area contributed by atoms with E-state index in [9.17, 15) is 4.79 Å². The molecule has 1 N–H and O–H groups in total. The molecule has 0 bridgehead atoms. The number of aromatic nitrogens is 3. The van der Waals surface area contributed by atoms with E-state index in [1.54, 1.807) is 14.2 Å². The van der Waals surface area contributed by atoms with Gasteiger partial charge in [-0.15, -0.1) is 10.2 Å². The fourth-order valence-corrected chi connectivity index (χ4v) is 3.81. The molecule has 8 nitrogen and oxygen atoms in total. The number of carbonyl (C=O) groups is 1. The van der Waals surface area contributed by atoms with E-state index in [1.165, 1.54) is 0 Å². The predicted octanol–water partition coefficient (Wildman–Crippen LogP) is 4.02. The summed E-state index contributed by atoms with van der Waals surface area (Å²) in [4.78, 5) is 12.8. The molecule has 8 heteroatoms. The minimum Gasteiger partial charge on any atom is -0.493 e. The molecule has 0 atom stereocenters. The number of para-hydroxylation sites is 1. The van der Waals surface area contributed by atoms with Gasteiger partial charge in [0.15, 0.2) is 11.5 Å². The number of hydrogen-bond donors (Lipinski definition) is 1. The molecule has 0 radical (unpaired) electrons. The van der Waals surface area contributed by atoms with Crippen LogP contribution in [-0.2, 0) is 24.2 Å². The average molecular weight is 449 g/mol. The molecular formula is C25H28N4O4. The van der Waals surface area contributed by atoms with E-state index in [4.69, 9.17) is 13.9 Å². The van der Waals surface area contributed by atoms with Gasteiger partial charge in [-0.25, -0.2) is 0 Å². The van der Waals surface area contributed by atoms with Crippen molar-refractivity contribution >= 4 is 16.8 Å². The van der Waals surface area contributed by atoms with E-state index in [-0.39, 0.29) is 12.5 Å². The normalized spacial score (nSPS) is 11.0. The van der Waals surface area contributed by atoms with Crippen molar-refractivity contribution in [1.82, 2.24) is 20.1 Å². The number of carbonyl (C=O) groups excluding carboxylic acids is 1. The van der Waals surface area contributed by atoms with Crippen molar-refractivity contribution < 1.29 is 18.7 Å². The van der Waals surface area contributed by atoms with Gasteiger partial charge in [0.2, 0.25) is 11.8 Å². The van der Waals surface area contributed by atoms with Crippen LogP contribution in [0.5, 0.6) is 11.5 Å². The smallest absolute Gasteiger partial charge is 0.264 e. The van der Waals surface area contributed by atoms with Gasteiger partial charge >= 0.3 is 0 Å². The molecular weight excluding hydrogens is 420 g/mol. The molecule has 0 aliphatic rings. The van der Waals surface area contributed by atoms with Gasteiger partial charge in [0.1, 0.15) is 12.2 Å². The zero-order valence-corrected chi connectivity index (χ0v) is 19.1. The lowest BCUT2D eigenvalue weighted by Gasteiger charge is -2.11. The van der Waals surface area contributed by atoms with Gasteiger partial charge in [-0.2, -0.15) is 0 Å². The average Bonchev–Trinajstić information content (AvgIpc) is 3.44. The summed E-state index contributed by atoms with van der Waals surface area (Å²) in [5.74, 6) is 2.29. The van der Waals surface area contributed by atoms with Gasteiger partial charge in [0, 0.05) is 23.9 Å². The molecule has 172 valence electrons. The van der Waals surface area contributed by atoms with E-state index < -0.39 is 0 Å². The number of nitrogens with zero attached hydrogens (tertiary/aromatic N) is 3. The monoisotopic (exact) mass is 448 g/mol. The van der Waals surface area contributed by atoms with Gasteiger partial charge in [0.25, 0.3) is 5.89 Å². The number of fused-ring (bicyclic) bond motifs is 1. The number of ether oxygens (including phenoxy) is 2. The van der Waals surface area contributed by atoms with Gasteiger partial charge in [-0.1, -0.05) is 31.2 Å². The van der Waals surface area contributed by atoms with E-state index in [0.717, 1.165) is 35.0 Å². The van der Waals surface area contributed by atoms with E-state index in [1.807, 2.05) is 53.1 Å². The maximum atomic E-state index is 12.8. The summed E-state index contributed by atoms with van der Waals surface area (Å²) in [7, 11) is 3.22. The highest BCUT2D eigenvalue weighted by Crippen LogP contribution is 2.28. The van der Waals surface area contributed by atoms with Gasteiger partial charge in [-0.05, 0) is 42.7 Å². The highest BCUT2D eigenvalue weighted by Gasteiger charge is 2.18. The molecule has 0 spiro atoms. The first kappa shape index (κ1) is 22.4. The largest absolute Gasteiger partial charge is 0.493 e. The second kappa shape index (κ2) is 10.2. The Balaban J connectivity index is 1.47. The number of nitrogens with one attached hydrogen (secondary N) is 1. The molecule has 2 aromatic carbocycles. The van der Waals surface area contributed by atoms with E-state index in [2.05, 4.69) is 22.4 Å². The minimum atomic E-state index is -0.0913. The zero-order chi connectivity index (χ0) is 23.2. The van der Waals surface area contributed by atoms with Crippen LogP contribution >= 0.6 is 0 Å². The number of benzene rings is 2. The maximum Gasteiger partial charge on any atom is 0.264 e. The van der Waals surface area contributed by atoms with Crippen molar-refractivity contribution in [2.75, 3.05) is 20.8 Å². The molecule has 33 heavy (non-hydrogen) atoms. The van der Waals surface area contributed by atoms with Crippen LogP contribution < -0.4 is 14.8 Å². The number of methoxy groups -OCH3 is 2. The third-order valence-corrected chi connectivity index (χ3v) is 5.45. The topological polar surface area (TPSA) is 91.4 Å². The molecule has 0 saturated carbocycles. The zero-order valence-electron chi connectivity index (χ0n) is 19.1. The Morgan fingerprint density at radius 3 is 2.64 bits per heavy atom. The summed E-state index contributed by atoms with van der Waals surface area (Å²) in [5, 5.41) is 12.4. The fraction of sp³-hybridized carbons (Fsp3) is 0.320. The Bertz CT molecular complexity index is 1240. The quantitative estimate of drug-likeness (QED) is 0.394. The summed E-state index contributed by atoms with van der Waals surface area (Å²) in [6.45, 7) is 2.72. The third kappa shape index (κ3) is 5.00. The molecule has 2 aromatic heterocycles. The van der Waals surface area contributed by atoms with Crippen LogP contribution in [0.25, 0.3) is 22.5 Å². The SMILES string of the molecule is CCCc1nnc(-c2cc3ccccc3n2CC(=O)NCCc2ccc(OC)c(OC)c2)o1. The van der Waals surface area contributed by atoms with Crippen LogP contribution in [0.2, 0.25) is 0 Å². The number of rotatable bonds is 10. The Hall–Kier alpha value is -3.81. The van der Waals surface area contributed by atoms with Crippen molar-refractivity contribution in [2.45, 2.75) is 32.7 Å². The van der Waals surface area contributed by atoms with Crippen LogP contribution in [0.3, 0.4) is 0 Å². The van der Waals surface area contributed by atoms with Crippen LogP contribution in [0.4, 0.5) is 0 Å². The summed E-state index contributed by atoms with van der Waals surface area (Å²) in [6, 6.07) is 15.7. The Kier molecular flexibility index (Phi) is 6.92. The molecule has 0 unspecified atom stereocenters.